The van der Waals surface area contributed by atoms with Crippen molar-refractivity contribution in [1.82, 2.24) is 19.3 Å². The van der Waals surface area contributed by atoms with E-state index in [9.17, 15) is 9.59 Å². The van der Waals surface area contributed by atoms with Crippen molar-refractivity contribution in [3.63, 3.8) is 0 Å². The number of carbonyl (C=O) groups excluding carboxylic acids is 2. The van der Waals surface area contributed by atoms with Crippen LogP contribution in [0, 0.1) is 0 Å². The standard InChI is InChI=1S/C34H29N5O3/c1-3-24(18-22(2)20-39-33(40)27-14-7-8-15-28(27)34(39)41)32-37-29(30-31(35)36-16-17-38(30)32)25-12-9-13-26(19-25)42-21-23-10-5-4-6-11-23/h3-19H,20-21H2,1-2H3,(H2,35,36)/b22-18+,24-3+. The smallest absolute Gasteiger partial charge is 0.261 e. The molecule has 3 heterocycles. The number of carbonyl (C=O) groups is 2. The fraction of sp³-hybridized carbons (Fsp3) is 0.118. The number of anilines is 1. The Kier molecular flexibility index (Phi) is 7.10. The summed E-state index contributed by atoms with van der Waals surface area (Å²) in [4.78, 5) is 36.5. The van der Waals surface area contributed by atoms with Gasteiger partial charge in [0.2, 0.25) is 0 Å². The fourth-order valence-corrected chi connectivity index (χ4v) is 5.16. The average Bonchev–Trinajstić information content (AvgIpc) is 3.52. The zero-order valence-corrected chi connectivity index (χ0v) is 23.3. The number of nitrogen functional groups attached to an aromatic ring is 1. The summed E-state index contributed by atoms with van der Waals surface area (Å²) in [6.07, 6.45) is 7.35. The van der Waals surface area contributed by atoms with Crippen LogP contribution < -0.4 is 10.5 Å². The Morgan fingerprint density at radius 1 is 0.952 bits per heavy atom. The molecule has 8 nitrogen and oxygen atoms in total. The Balaban J connectivity index is 1.32. The molecule has 3 aromatic carbocycles. The minimum absolute atomic E-state index is 0.171. The van der Waals surface area contributed by atoms with Crippen molar-refractivity contribution in [3.05, 3.63) is 131 Å². The lowest BCUT2D eigenvalue weighted by Crippen LogP contribution is -2.31. The van der Waals surface area contributed by atoms with E-state index in [0.717, 1.165) is 22.3 Å². The Labute approximate surface area is 243 Å². The SMILES string of the molecule is C/C=C(\C=C(/C)CN1C(=O)c2ccccc2C1=O)c1nc(-c2cccc(OCc3ccccc3)c2)c2c(N)nccn12. The molecule has 0 fully saturated rings. The number of hydrogen-bond acceptors (Lipinski definition) is 6. The molecule has 0 aliphatic carbocycles. The Morgan fingerprint density at radius 2 is 1.67 bits per heavy atom. The van der Waals surface area contributed by atoms with Gasteiger partial charge in [-0.05, 0) is 43.7 Å². The second kappa shape index (κ2) is 11.2. The van der Waals surface area contributed by atoms with Crippen LogP contribution in [-0.4, -0.2) is 37.6 Å². The molecular weight excluding hydrogens is 526 g/mol. The summed E-state index contributed by atoms with van der Waals surface area (Å²) in [6.45, 7) is 4.44. The molecule has 0 spiro atoms. The molecule has 2 amide bonds. The number of nitrogens with zero attached hydrogens (tertiary/aromatic N) is 4. The number of benzene rings is 3. The summed E-state index contributed by atoms with van der Waals surface area (Å²) in [5.74, 6) is 1.15. The van der Waals surface area contributed by atoms with E-state index in [-0.39, 0.29) is 18.4 Å². The van der Waals surface area contributed by atoms with Crippen LogP contribution in [0.1, 0.15) is 46.0 Å². The van der Waals surface area contributed by atoms with E-state index < -0.39 is 0 Å². The van der Waals surface area contributed by atoms with Crippen LogP contribution in [0.3, 0.4) is 0 Å². The van der Waals surface area contributed by atoms with Gasteiger partial charge in [0.25, 0.3) is 11.8 Å². The Morgan fingerprint density at radius 3 is 2.38 bits per heavy atom. The molecule has 0 unspecified atom stereocenters. The summed E-state index contributed by atoms with van der Waals surface area (Å²) in [5.41, 5.74) is 12.2. The first-order chi connectivity index (χ1) is 20.4. The number of hydrogen-bond donors (Lipinski definition) is 1. The summed E-state index contributed by atoms with van der Waals surface area (Å²) < 4.78 is 7.98. The van der Waals surface area contributed by atoms with Gasteiger partial charge in [0, 0.05) is 23.5 Å². The highest BCUT2D eigenvalue weighted by atomic mass is 16.5. The fourth-order valence-electron chi connectivity index (χ4n) is 5.16. The normalized spacial score (nSPS) is 13.6. The molecule has 208 valence electrons. The van der Waals surface area contributed by atoms with Gasteiger partial charge in [-0.25, -0.2) is 9.97 Å². The number of imide groups is 1. The number of ether oxygens (including phenoxy) is 1. The first-order valence-electron chi connectivity index (χ1n) is 13.6. The van der Waals surface area contributed by atoms with Crippen LogP contribution in [0.5, 0.6) is 5.75 Å². The van der Waals surface area contributed by atoms with Gasteiger partial charge in [0.15, 0.2) is 0 Å². The van der Waals surface area contributed by atoms with Crippen molar-refractivity contribution in [2.45, 2.75) is 20.5 Å². The van der Waals surface area contributed by atoms with E-state index in [2.05, 4.69) is 4.98 Å². The van der Waals surface area contributed by atoms with E-state index >= 15 is 0 Å². The van der Waals surface area contributed by atoms with Gasteiger partial charge in [0.1, 0.15) is 35.2 Å². The van der Waals surface area contributed by atoms with Crippen molar-refractivity contribution in [1.29, 1.82) is 0 Å². The van der Waals surface area contributed by atoms with Gasteiger partial charge in [-0.2, -0.15) is 0 Å². The number of allylic oxidation sites excluding steroid dienone is 3. The molecule has 0 radical (unpaired) electrons. The predicted octanol–water partition coefficient (Wildman–Crippen LogP) is 6.20. The molecule has 0 saturated carbocycles. The lowest BCUT2D eigenvalue weighted by molar-refractivity contribution is 0.0668. The van der Waals surface area contributed by atoms with E-state index in [1.807, 2.05) is 91.2 Å². The molecular formula is C34H29N5O3. The maximum absolute atomic E-state index is 12.9. The summed E-state index contributed by atoms with van der Waals surface area (Å²) in [5, 5.41) is 0. The minimum Gasteiger partial charge on any atom is -0.489 e. The number of rotatable bonds is 8. The topological polar surface area (TPSA) is 103 Å². The second-order valence-corrected chi connectivity index (χ2v) is 10.1. The molecule has 0 bridgehead atoms. The van der Waals surface area contributed by atoms with Gasteiger partial charge in [-0.3, -0.25) is 18.9 Å². The van der Waals surface area contributed by atoms with E-state index in [1.54, 1.807) is 30.5 Å². The van der Waals surface area contributed by atoms with Crippen LogP contribution in [0.4, 0.5) is 5.82 Å². The second-order valence-electron chi connectivity index (χ2n) is 10.1. The van der Waals surface area contributed by atoms with E-state index in [4.69, 9.17) is 15.5 Å². The average molecular weight is 556 g/mol. The van der Waals surface area contributed by atoms with Gasteiger partial charge in [0.05, 0.1) is 17.7 Å². The third kappa shape index (κ3) is 4.94. The number of aromatic nitrogens is 3. The van der Waals surface area contributed by atoms with Crippen LogP contribution in [-0.2, 0) is 6.61 Å². The highest BCUT2D eigenvalue weighted by Gasteiger charge is 2.35. The molecule has 0 saturated heterocycles. The van der Waals surface area contributed by atoms with Crippen LogP contribution in [0.15, 0.2) is 109 Å². The monoisotopic (exact) mass is 555 g/mol. The highest BCUT2D eigenvalue weighted by Crippen LogP contribution is 2.33. The van der Waals surface area contributed by atoms with Gasteiger partial charge in [-0.15, -0.1) is 0 Å². The van der Waals surface area contributed by atoms with Crippen LogP contribution >= 0.6 is 0 Å². The number of nitrogens with two attached hydrogens (primary N) is 1. The highest BCUT2D eigenvalue weighted by molar-refractivity contribution is 6.21. The molecule has 1 aliphatic rings. The maximum Gasteiger partial charge on any atom is 0.261 e. The largest absolute Gasteiger partial charge is 0.489 e. The number of fused-ring (bicyclic) bond motifs is 2. The van der Waals surface area contributed by atoms with Crippen molar-refractivity contribution < 1.29 is 14.3 Å². The maximum atomic E-state index is 12.9. The van der Waals surface area contributed by atoms with Crippen molar-refractivity contribution in [3.8, 4) is 17.0 Å². The number of imidazole rings is 1. The molecule has 42 heavy (non-hydrogen) atoms. The van der Waals surface area contributed by atoms with Crippen molar-refractivity contribution in [2.24, 2.45) is 0 Å². The van der Waals surface area contributed by atoms with Crippen LogP contribution in [0.25, 0.3) is 22.3 Å². The van der Waals surface area contributed by atoms with Crippen molar-refractivity contribution >= 4 is 28.7 Å². The Hall–Kier alpha value is -5.50. The molecule has 1 aliphatic heterocycles. The van der Waals surface area contributed by atoms with E-state index in [0.29, 0.717) is 46.3 Å². The lowest BCUT2D eigenvalue weighted by Gasteiger charge is -2.14. The summed E-state index contributed by atoms with van der Waals surface area (Å²) >= 11 is 0. The summed E-state index contributed by atoms with van der Waals surface area (Å²) in [6, 6.07) is 24.6. The van der Waals surface area contributed by atoms with Gasteiger partial charge in [-0.1, -0.05) is 72.3 Å². The molecule has 2 N–H and O–H groups in total. The molecule has 2 aromatic heterocycles. The predicted molar refractivity (Wildman–Crippen MR) is 163 cm³/mol. The third-order valence-corrected chi connectivity index (χ3v) is 7.20. The minimum atomic E-state index is -0.285. The van der Waals surface area contributed by atoms with Gasteiger partial charge >= 0.3 is 0 Å². The Bertz CT molecular complexity index is 1850. The first kappa shape index (κ1) is 26.7. The molecule has 0 atom stereocenters. The summed E-state index contributed by atoms with van der Waals surface area (Å²) in [7, 11) is 0. The first-order valence-corrected chi connectivity index (χ1v) is 13.6. The zero-order chi connectivity index (χ0) is 29.2. The van der Waals surface area contributed by atoms with Crippen LogP contribution in [0.2, 0.25) is 0 Å². The van der Waals surface area contributed by atoms with Gasteiger partial charge < -0.3 is 10.5 Å². The molecule has 6 rings (SSSR count). The lowest BCUT2D eigenvalue weighted by atomic mass is 10.1. The molecule has 5 aromatic rings. The third-order valence-electron chi connectivity index (χ3n) is 7.20. The number of amides is 2. The van der Waals surface area contributed by atoms with Crippen molar-refractivity contribution in [2.75, 3.05) is 12.3 Å². The van der Waals surface area contributed by atoms with E-state index in [1.165, 1.54) is 4.90 Å². The molecule has 8 heteroatoms. The quantitative estimate of drug-likeness (QED) is 0.181. The zero-order valence-electron chi connectivity index (χ0n) is 23.3.